The molecule has 0 fully saturated rings. The minimum absolute atomic E-state index is 0.0339. The van der Waals surface area contributed by atoms with Gasteiger partial charge in [-0.15, -0.1) is 0 Å². The van der Waals surface area contributed by atoms with Crippen LogP contribution in [0.25, 0.3) is 0 Å². The summed E-state index contributed by atoms with van der Waals surface area (Å²) in [6.07, 6.45) is -4.41. The van der Waals surface area contributed by atoms with Crippen molar-refractivity contribution in [3.63, 3.8) is 0 Å². The van der Waals surface area contributed by atoms with Crippen LogP contribution in [-0.4, -0.2) is 24.5 Å². The molecule has 0 spiro atoms. The summed E-state index contributed by atoms with van der Waals surface area (Å²) >= 11 is 0. The molecule has 1 aromatic rings. The second-order valence-corrected chi connectivity index (χ2v) is 5.45. The van der Waals surface area contributed by atoms with Gasteiger partial charge < -0.3 is 14.6 Å². The first kappa shape index (κ1) is 15.9. The fourth-order valence-electron chi connectivity index (χ4n) is 2.28. The number of hydrogen-bond acceptors (Lipinski definition) is 3. The average Bonchev–Trinajstić information content (AvgIpc) is 2.61. The van der Waals surface area contributed by atoms with Gasteiger partial charge in [0.05, 0.1) is 18.8 Å². The predicted molar refractivity (Wildman–Crippen MR) is 71.5 cm³/mol. The monoisotopic (exact) mass is 304 g/mol. The van der Waals surface area contributed by atoms with Crippen molar-refractivity contribution < 1.29 is 27.8 Å². The Kier molecular flexibility index (Phi) is 4.66. The maximum atomic E-state index is 12.2. The molecule has 0 aromatic heterocycles. The van der Waals surface area contributed by atoms with Gasteiger partial charge in [-0.3, -0.25) is 0 Å². The highest BCUT2D eigenvalue weighted by atomic mass is 19.4. The molecule has 0 radical (unpaired) electrons. The number of fused-ring (bicyclic) bond motifs is 1. The first-order chi connectivity index (χ1) is 9.78. The Bertz CT molecular complexity index is 484. The molecule has 3 nitrogen and oxygen atoms in total. The second-order valence-electron chi connectivity index (χ2n) is 5.45. The Morgan fingerprint density at radius 3 is 2.43 bits per heavy atom. The number of benzene rings is 1. The quantitative estimate of drug-likeness (QED) is 0.920. The van der Waals surface area contributed by atoms with Crippen LogP contribution in [0.1, 0.15) is 38.2 Å². The van der Waals surface area contributed by atoms with Crippen LogP contribution in [0.15, 0.2) is 18.2 Å². The molecule has 0 saturated carbocycles. The summed E-state index contributed by atoms with van der Waals surface area (Å²) in [6.45, 7) is 2.60. The Morgan fingerprint density at radius 1 is 1.10 bits per heavy atom. The summed E-state index contributed by atoms with van der Waals surface area (Å²) in [5.41, 5.74) is -0.787. The van der Waals surface area contributed by atoms with Crippen molar-refractivity contribution >= 4 is 0 Å². The third-order valence-electron chi connectivity index (χ3n) is 3.49. The molecule has 1 atom stereocenters. The van der Waals surface area contributed by atoms with Crippen molar-refractivity contribution in [3.05, 3.63) is 23.8 Å². The Morgan fingerprint density at radius 2 is 1.76 bits per heavy atom. The van der Waals surface area contributed by atoms with Crippen LogP contribution in [0, 0.1) is 0 Å². The van der Waals surface area contributed by atoms with E-state index in [9.17, 15) is 18.3 Å². The maximum absolute atomic E-state index is 12.2. The molecule has 21 heavy (non-hydrogen) atoms. The highest BCUT2D eigenvalue weighted by molar-refractivity contribution is 5.44. The largest absolute Gasteiger partial charge is 0.490 e. The number of rotatable bonds is 4. The Balaban J connectivity index is 2.07. The van der Waals surface area contributed by atoms with Crippen molar-refractivity contribution in [1.29, 1.82) is 0 Å². The van der Waals surface area contributed by atoms with Gasteiger partial charge in [0.2, 0.25) is 0 Å². The molecule has 0 saturated heterocycles. The lowest BCUT2D eigenvalue weighted by Crippen LogP contribution is -2.22. The van der Waals surface area contributed by atoms with E-state index >= 15 is 0 Å². The van der Waals surface area contributed by atoms with Crippen molar-refractivity contribution in [2.75, 3.05) is 13.2 Å². The molecule has 1 heterocycles. The third-order valence-corrected chi connectivity index (χ3v) is 3.49. The van der Waals surface area contributed by atoms with Crippen LogP contribution in [0.3, 0.4) is 0 Å². The van der Waals surface area contributed by atoms with Crippen LogP contribution in [0.5, 0.6) is 11.5 Å². The van der Waals surface area contributed by atoms with Crippen molar-refractivity contribution in [2.45, 2.75) is 44.4 Å². The molecule has 1 unspecified atom stereocenters. The van der Waals surface area contributed by atoms with Crippen molar-refractivity contribution in [1.82, 2.24) is 0 Å². The average molecular weight is 304 g/mol. The molecule has 1 N–H and O–H groups in total. The zero-order valence-corrected chi connectivity index (χ0v) is 11.9. The normalized spacial score (nSPS) is 18.0. The highest BCUT2D eigenvalue weighted by Gasteiger charge is 2.30. The lowest BCUT2D eigenvalue weighted by molar-refractivity contribution is -0.137. The minimum atomic E-state index is -4.19. The molecule has 1 aromatic carbocycles. The molecule has 2 rings (SSSR count). The molecule has 0 bridgehead atoms. The van der Waals surface area contributed by atoms with E-state index in [4.69, 9.17) is 9.47 Å². The van der Waals surface area contributed by atoms with E-state index in [1.807, 2.05) is 0 Å². The van der Waals surface area contributed by atoms with Gasteiger partial charge in [0, 0.05) is 12.8 Å². The summed E-state index contributed by atoms with van der Waals surface area (Å²) in [6, 6.07) is 5.00. The summed E-state index contributed by atoms with van der Waals surface area (Å²) in [5, 5.41) is 10.4. The fourth-order valence-corrected chi connectivity index (χ4v) is 2.28. The number of hydrogen-bond donors (Lipinski definition) is 1. The SMILES string of the molecule is CC(O)(CCCC(F)(F)F)c1ccc2c(c1)OCCCO2. The van der Waals surface area contributed by atoms with Crippen LogP contribution >= 0.6 is 0 Å². The first-order valence-corrected chi connectivity index (χ1v) is 6.97. The molecule has 0 aliphatic carbocycles. The third kappa shape index (κ3) is 4.52. The summed E-state index contributed by atoms with van der Waals surface area (Å²) in [7, 11) is 0. The highest BCUT2D eigenvalue weighted by Crippen LogP contribution is 2.36. The summed E-state index contributed by atoms with van der Waals surface area (Å²) < 4.78 is 47.6. The van der Waals surface area contributed by atoms with E-state index in [0.717, 1.165) is 6.42 Å². The standard InChI is InChI=1S/C15H19F3O3/c1-14(19,6-2-7-15(16,17)18)11-4-5-12-13(10-11)21-9-3-8-20-12/h4-5,10,19H,2-3,6-9H2,1H3. The molecule has 1 aliphatic rings. The number of alkyl halides is 3. The van der Waals surface area contributed by atoms with E-state index < -0.39 is 18.2 Å². The van der Waals surface area contributed by atoms with E-state index in [1.54, 1.807) is 18.2 Å². The van der Waals surface area contributed by atoms with Crippen LogP contribution in [0.4, 0.5) is 13.2 Å². The summed E-state index contributed by atoms with van der Waals surface area (Å²) in [4.78, 5) is 0. The molecular weight excluding hydrogens is 285 g/mol. The fraction of sp³-hybridized carbons (Fsp3) is 0.600. The van der Waals surface area contributed by atoms with Gasteiger partial charge in [-0.1, -0.05) is 6.07 Å². The second kappa shape index (κ2) is 6.13. The van der Waals surface area contributed by atoms with E-state index in [0.29, 0.717) is 30.3 Å². The van der Waals surface area contributed by atoms with Crippen LogP contribution < -0.4 is 9.47 Å². The molecule has 1 aliphatic heterocycles. The Labute approximate surface area is 121 Å². The zero-order chi connectivity index (χ0) is 15.5. The van der Waals surface area contributed by atoms with Gasteiger partial charge in [-0.2, -0.15) is 13.2 Å². The smallest absolute Gasteiger partial charge is 0.389 e. The van der Waals surface area contributed by atoms with Crippen molar-refractivity contribution in [2.24, 2.45) is 0 Å². The van der Waals surface area contributed by atoms with E-state index in [1.165, 1.54) is 6.92 Å². The maximum Gasteiger partial charge on any atom is 0.389 e. The topological polar surface area (TPSA) is 38.7 Å². The summed E-state index contributed by atoms with van der Waals surface area (Å²) in [5.74, 6) is 1.13. The molecule has 0 amide bonds. The molecule has 6 heteroatoms. The number of halogens is 3. The van der Waals surface area contributed by atoms with Gasteiger partial charge >= 0.3 is 6.18 Å². The number of ether oxygens (including phenoxy) is 2. The van der Waals surface area contributed by atoms with Crippen LogP contribution in [-0.2, 0) is 5.60 Å². The Hall–Kier alpha value is -1.43. The minimum Gasteiger partial charge on any atom is -0.490 e. The van der Waals surface area contributed by atoms with Gasteiger partial charge in [0.25, 0.3) is 0 Å². The zero-order valence-electron chi connectivity index (χ0n) is 11.9. The predicted octanol–water partition coefficient (Wildman–Crippen LogP) is 3.79. The van der Waals surface area contributed by atoms with Crippen molar-refractivity contribution in [3.8, 4) is 11.5 Å². The van der Waals surface area contributed by atoms with Crippen LogP contribution in [0.2, 0.25) is 0 Å². The number of aliphatic hydroxyl groups is 1. The molecule has 118 valence electrons. The van der Waals surface area contributed by atoms with E-state index in [-0.39, 0.29) is 12.8 Å². The van der Waals surface area contributed by atoms with Gasteiger partial charge in [-0.05, 0) is 37.5 Å². The first-order valence-electron chi connectivity index (χ1n) is 6.97. The molecular formula is C15H19F3O3. The van der Waals surface area contributed by atoms with Gasteiger partial charge in [-0.25, -0.2) is 0 Å². The van der Waals surface area contributed by atoms with Gasteiger partial charge in [0.1, 0.15) is 0 Å². The van der Waals surface area contributed by atoms with E-state index in [2.05, 4.69) is 0 Å². The van der Waals surface area contributed by atoms with Gasteiger partial charge in [0.15, 0.2) is 11.5 Å². The lowest BCUT2D eigenvalue weighted by atomic mass is 9.90. The lowest BCUT2D eigenvalue weighted by Gasteiger charge is -2.25.